The molecule has 1 atom stereocenters. The van der Waals surface area contributed by atoms with Gasteiger partial charge in [0.25, 0.3) is 12.2 Å². The highest BCUT2D eigenvalue weighted by atomic mass is 16.7. The predicted octanol–water partition coefficient (Wildman–Crippen LogP) is 2.66. The van der Waals surface area contributed by atoms with Crippen molar-refractivity contribution in [1.29, 1.82) is 0 Å². The smallest absolute Gasteiger partial charge is 0.417 e. The monoisotopic (exact) mass is 337 g/mol. The van der Waals surface area contributed by atoms with Crippen molar-refractivity contribution in [1.82, 2.24) is 4.90 Å². The Hall–Kier alpha value is -2.31. The number of carbonyl (C=O) groups excluding carboxylic acids is 3. The number of esters is 1. The van der Waals surface area contributed by atoms with Crippen LogP contribution in [0.1, 0.15) is 47.0 Å². The molecular formula is C17H23NO6. The van der Waals surface area contributed by atoms with Crippen LogP contribution in [0.4, 0.5) is 4.79 Å². The van der Waals surface area contributed by atoms with Crippen molar-refractivity contribution in [2.45, 2.75) is 58.8 Å². The highest BCUT2D eigenvalue weighted by molar-refractivity contribution is 6.02. The van der Waals surface area contributed by atoms with Gasteiger partial charge in [-0.25, -0.2) is 14.5 Å². The van der Waals surface area contributed by atoms with E-state index in [-0.39, 0.29) is 0 Å². The van der Waals surface area contributed by atoms with Gasteiger partial charge in [-0.3, -0.25) is 4.79 Å². The molecule has 0 aromatic heterocycles. The summed E-state index contributed by atoms with van der Waals surface area (Å²) in [6.45, 7) is 7.17. The Morgan fingerprint density at radius 1 is 1.33 bits per heavy atom. The fraction of sp³-hybridized carbons (Fsp3) is 0.588. The van der Waals surface area contributed by atoms with E-state index in [0.717, 1.165) is 11.3 Å². The van der Waals surface area contributed by atoms with Crippen molar-refractivity contribution < 1.29 is 28.6 Å². The predicted molar refractivity (Wildman–Crippen MR) is 84.6 cm³/mol. The van der Waals surface area contributed by atoms with Gasteiger partial charge in [0.15, 0.2) is 0 Å². The Balaban J connectivity index is 2.07. The van der Waals surface area contributed by atoms with Crippen molar-refractivity contribution in [3.63, 3.8) is 0 Å². The number of ether oxygens (including phenoxy) is 3. The van der Waals surface area contributed by atoms with Crippen LogP contribution in [0.15, 0.2) is 23.5 Å². The van der Waals surface area contributed by atoms with Gasteiger partial charge in [0.2, 0.25) is 0 Å². The van der Waals surface area contributed by atoms with Crippen molar-refractivity contribution in [3.8, 4) is 0 Å². The van der Waals surface area contributed by atoms with Crippen LogP contribution in [-0.2, 0) is 23.8 Å². The summed E-state index contributed by atoms with van der Waals surface area (Å²) in [6.07, 6.45) is 3.24. The van der Waals surface area contributed by atoms with Gasteiger partial charge in [0, 0.05) is 18.2 Å². The lowest BCUT2D eigenvalue weighted by Gasteiger charge is -2.25. The molecule has 1 saturated heterocycles. The molecule has 2 rings (SSSR count). The van der Waals surface area contributed by atoms with Crippen molar-refractivity contribution in [2.24, 2.45) is 0 Å². The topological polar surface area (TPSA) is 82.1 Å². The second-order valence-electron chi connectivity index (χ2n) is 6.80. The van der Waals surface area contributed by atoms with Crippen molar-refractivity contribution in [3.05, 3.63) is 23.5 Å². The van der Waals surface area contributed by atoms with E-state index in [2.05, 4.69) is 0 Å². The van der Waals surface area contributed by atoms with Crippen LogP contribution < -0.4 is 0 Å². The van der Waals surface area contributed by atoms with Gasteiger partial charge in [-0.2, -0.15) is 0 Å². The summed E-state index contributed by atoms with van der Waals surface area (Å²) in [5.74, 6) is -0.882. The number of hydrogen-bond acceptors (Lipinski definition) is 6. The van der Waals surface area contributed by atoms with Crippen molar-refractivity contribution >= 4 is 18.0 Å². The first-order chi connectivity index (χ1) is 11.2. The first kappa shape index (κ1) is 18.0. The van der Waals surface area contributed by atoms with E-state index in [0.29, 0.717) is 30.5 Å². The average molecular weight is 337 g/mol. The highest BCUT2D eigenvalue weighted by Gasteiger charge is 2.31. The van der Waals surface area contributed by atoms with E-state index < -0.39 is 29.9 Å². The van der Waals surface area contributed by atoms with Crippen LogP contribution in [0.3, 0.4) is 0 Å². The zero-order valence-electron chi connectivity index (χ0n) is 14.5. The zero-order valence-corrected chi connectivity index (χ0v) is 14.5. The van der Waals surface area contributed by atoms with E-state index in [1.165, 1.54) is 12.3 Å². The first-order valence-corrected chi connectivity index (χ1v) is 7.96. The van der Waals surface area contributed by atoms with Crippen LogP contribution in [0.25, 0.3) is 0 Å². The minimum atomic E-state index is -0.837. The minimum absolute atomic E-state index is 0.308. The summed E-state index contributed by atoms with van der Waals surface area (Å²) in [7, 11) is 0. The molecule has 2 amide bonds. The van der Waals surface area contributed by atoms with Crippen molar-refractivity contribution in [2.75, 3.05) is 6.54 Å². The molecule has 1 unspecified atom stereocenters. The molecular weight excluding hydrogens is 314 g/mol. The SMILES string of the molecule is CC1=CC(OC=C2CCCCN(C(=O)OC(C)(C)C)C2=O)OC1=O. The quantitative estimate of drug-likeness (QED) is 0.438. The Morgan fingerprint density at radius 2 is 2.04 bits per heavy atom. The summed E-state index contributed by atoms with van der Waals surface area (Å²) in [6, 6.07) is 0. The fourth-order valence-electron chi connectivity index (χ4n) is 2.29. The second kappa shape index (κ2) is 7.07. The molecule has 0 aliphatic carbocycles. The Morgan fingerprint density at radius 3 is 2.62 bits per heavy atom. The molecule has 0 aromatic carbocycles. The molecule has 0 aromatic rings. The number of likely N-dealkylation sites (tertiary alicyclic amines) is 1. The minimum Gasteiger partial charge on any atom is -0.458 e. The summed E-state index contributed by atoms with van der Waals surface area (Å²) < 4.78 is 15.6. The lowest BCUT2D eigenvalue weighted by molar-refractivity contribution is -0.152. The van der Waals surface area contributed by atoms with E-state index in [1.807, 2.05) is 0 Å². The van der Waals surface area contributed by atoms with Gasteiger partial charge in [-0.1, -0.05) is 0 Å². The Kier molecular flexibility index (Phi) is 5.31. The first-order valence-electron chi connectivity index (χ1n) is 7.96. The lowest BCUT2D eigenvalue weighted by Crippen LogP contribution is -2.41. The van der Waals surface area contributed by atoms with Crippen LogP contribution in [0.5, 0.6) is 0 Å². The second-order valence-corrected chi connectivity index (χ2v) is 6.80. The largest absolute Gasteiger partial charge is 0.458 e. The van der Waals surface area contributed by atoms with Crippen LogP contribution in [0, 0.1) is 0 Å². The number of cyclic esters (lactones) is 1. The highest BCUT2D eigenvalue weighted by Crippen LogP contribution is 2.21. The average Bonchev–Trinajstić information content (AvgIpc) is 2.66. The summed E-state index contributed by atoms with van der Waals surface area (Å²) in [5.41, 5.74) is 0.137. The molecule has 1 fully saturated rings. The Labute approximate surface area is 141 Å². The number of rotatable bonds is 2. The molecule has 0 N–H and O–H groups in total. The number of hydrogen-bond donors (Lipinski definition) is 0. The standard InChI is InChI=1S/C17H23NO6/c1-11-9-13(23-15(11)20)22-10-12-7-5-6-8-18(14(12)19)16(21)24-17(2,3)4/h9-10,13H,5-8H2,1-4H3. The van der Waals surface area contributed by atoms with E-state index in [9.17, 15) is 14.4 Å². The maximum Gasteiger partial charge on any atom is 0.417 e. The molecule has 0 radical (unpaired) electrons. The number of amides is 2. The fourth-order valence-corrected chi connectivity index (χ4v) is 2.29. The molecule has 132 valence electrons. The molecule has 0 saturated carbocycles. The molecule has 2 aliphatic rings. The molecule has 0 bridgehead atoms. The molecule has 2 heterocycles. The molecule has 2 aliphatic heterocycles. The third-order valence-electron chi connectivity index (χ3n) is 3.49. The van der Waals surface area contributed by atoms with E-state index in [1.54, 1.807) is 27.7 Å². The summed E-state index contributed by atoms with van der Waals surface area (Å²) in [4.78, 5) is 37.2. The third kappa shape index (κ3) is 4.59. The van der Waals surface area contributed by atoms with Crippen LogP contribution in [0.2, 0.25) is 0 Å². The van der Waals surface area contributed by atoms with Gasteiger partial charge in [-0.05, 0) is 47.0 Å². The van der Waals surface area contributed by atoms with Crippen LogP contribution >= 0.6 is 0 Å². The van der Waals surface area contributed by atoms with Gasteiger partial charge in [-0.15, -0.1) is 0 Å². The molecule has 24 heavy (non-hydrogen) atoms. The maximum atomic E-state index is 12.6. The maximum absolute atomic E-state index is 12.6. The Bertz CT molecular complexity index is 599. The zero-order chi connectivity index (χ0) is 17.9. The molecule has 0 spiro atoms. The van der Waals surface area contributed by atoms with Gasteiger partial charge >= 0.3 is 12.1 Å². The van der Waals surface area contributed by atoms with E-state index in [4.69, 9.17) is 14.2 Å². The number of nitrogens with zero attached hydrogens (tertiary/aromatic N) is 1. The van der Waals surface area contributed by atoms with Gasteiger partial charge < -0.3 is 14.2 Å². The third-order valence-corrected chi connectivity index (χ3v) is 3.49. The molecule has 7 heteroatoms. The summed E-state index contributed by atoms with van der Waals surface area (Å²) in [5, 5.41) is 0. The normalized spacial score (nSPS) is 23.7. The van der Waals surface area contributed by atoms with E-state index >= 15 is 0 Å². The van der Waals surface area contributed by atoms with Crippen LogP contribution in [-0.4, -0.2) is 41.3 Å². The summed E-state index contributed by atoms with van der Waals surface area (Å²) >= 11 is 0. The molecule has 7 nitrogen and oxygen atoms in total. The van der Waals surface area contributed by atoms with Gasteiger partial charge in [0.1, 0.15) is 5.60 Å². The van der Waals surface area contributed by atoms with Gasteiger partial charge in [0.05, 0.1) is 11.8 Å². The number of imide groups is 1. The lowest BCUT2D eigenvalue weighted by atomic mass is 10.1. The number of carbonyl (C=O) groups is 3.